The highest BCUT2D eigenvalue weighted by Crippen LogP contribution is 2.28. The molecule has 0 aliphatic carbocycles. The van der Waals surface area contributed by atoms with Gasteiger partial charge < -0.3 is 10.6 Å². The van der Waals surface area contributed by atoms with Crippen molar-refractivity contribution in [2.75, 3.05) is 13.1 Å². The number of imidazole rings is 1. The predicted octanol–water partition coefficient (Wildman–Crippen LogP) is 2.39. The number of carbonyl (C=O) groups is 2. The highest BCUT2D eigenvalue weighted by Gasteiger charge is 2.30. The van der Waals surface area contributed by atoms with E-state index in [2.05, 4.69) is 18.0 Å². The van der Waals surface area contributed by atoms with Crippen LogP contribution in [0.5, 0.6) is 0 Å². The van der Waals surface area contributed by atoms with Crippen LogP contribution < -0.4 is 5.73 Å². The van der Waals surface area contributed by atoms with Crippen molar-refractivity contribution in [2.45, 2.75) is 37.1 Å². The first-order chi connectivity index (χ1) is 12.5. The standard InChI is InChI=1S/C19H24N4O2S/c1-13-6-3-4-8-16(13)23-11-9-21-19(23)26-14(2)18(25)22-10-5-7-15(12-22)17(20)24/h3-4,6,8-9,11,14-15H,5,7,10,12H2,1-2H3,(H2,20,24). The van der Waals surface area contributed by atoms with Gasteiger partial charge in [-0.2, -0.15) is 0 Å². The number of aryl methyl sites for hydroxylation is 1. The maximum Gasteiger partial charge on any atom is 0.235 e. The Hall–Kier alpha value is -2.28. The fraction of sp³-hybridized carbons (Fsp3) is 0.421. The van der Waals surface area contributed by atoms with Crippen molar-refractivity contribution in [3.63, 3.8) is 0 Å². The molecule has 1 saturated heterocycles. The number of rotatable bonds is 5. The van der Waals surface area contributed by atoms with E-state index >= 15 is 0 Å². The topological polar surface area (TPSA) is 81.2 Å². The minimum absolute atomic E-state index is 0.0280. The molecule has 2 aromatic rings. The van der Waals surface area contributed by atoms with Crippen LogP contribution in [0.15, 0.2) is 41.8 Å². The summed E-state index contributed by atoms with van der Waals surface area (Å²) in [5, 5.41) is 0.496. The van der Waals surface area contributed by atoms with Crippen molar-refractivity contribution < 1.29 is 9.59 Å². The zero-order chi connectivity index (χ0) is 18.7. The Balaban J connectivity index is 1.72. The minimum Gasteiger partial charge on any atom is -0.369 e. The first kappa shape index (κ1) is 18.5. The summed E-state index contributed by atoms with van der Waals surface area (Å²) < 4.78 is 2.01. The fourth-order valence-corrected chi connectivity index (χ4v) is 4.23. The fourth-order valence-electron chi connectivity index (χ4n) is 3.27. The van der Waals surface area contributed by atoms with E-state index in [0.29, 0.717) is 13.1 Å². The third kappa shape index (κ3) is 3.93. The molecule has 0 radical (unpaired) electrons. The van der Waals surface area contributed by atoms with Gasteiger partial charge in [0.05, 0.1) is 16.9 Å². The van der Waals surface area contributed by atoms with Crippen molar-refractivity contribution >= 4 is 23.6 Å². The molecule has 0 saturated carbocycles. The van der Waals surface area contributed by atoms with Crippen LogP contribution >= 0.6 is 11.8 Å². The van der Waals surface area contributed by atoms with Gasteiger partial charge in [-0.3, -0.25) is 14.2 Å². The van der Waals surface area contributed by atoms with Gasteiger partial charge in [0.15, 0.2) is 5.16 Å². The quantitative estimate of drug-likeness (QED) is 0.817. The Morgan fingerprint density at radius 1 is 1.35 bits per heavy atom. The van der Waals surface area contributed by atoms with E-state index in [9.17, 15) is 9.59 Å². The zero-order valence-corrected chi connectivity index (χ0v) is 15.9. The predicted molar refractivity (Wildman–Crippen MR) is 102 cm³/mol. The molecule has 1 fully saturated rings. The summed E-state index contributed by atoms with van der Waals surface area (Å²) in [6, 6.07) is 8.08. The number of thioether (sulfide) groups is 1. The Morgan fingerprint density at radius 2 is 2.12 bits per heavy atom. The molecule has 7 heteroatoms. The number of carbonyl (C=O) groups excluding carboxylic acids is 2. The van der Waals surface area contributed by atoms with Gasteiger partial charge in [-0.05, 0) is 38.3 Å². The summed E-state index contributed by atoms with van der Waals surface area (Å²) >= 11 is 1.44. The van der Waals surface area contributed by atoms with E-state index in [4.69, 9.17) is 5.73 Å². The van der Waals surface area contributed by atoms with Crippen LogP contribution in [-0.2, 0) is 9.59 Å². The second-order valence-corrected chi connectivity index (χ2v) is 7.96. The number of para-hydroxylation sites is 1. The lowest BCUT2D eigenvalue weighted by Crippen LogP contribution is -2.46. The van der Waals surface area contributed by atoms with Crippen LogP contribution in [0, 0.1) is 12.8 Å². The number of hydrogen-bond acceptors (Lipinski definition) is 4. The largest absolute Gasteiger partial charge is 0.369 e. The van der Waals surface area contributed by atoms with E-state index in [0.717, 1.165) is 29.2 Å². The van der Waals surface area contributed by atoms with E-state index in [1.165, 1.54) is 11.8 Å². The molecule has 3 rings (SSSR count). The zero-order valence-electron chi connectivity index (χ0n) is 15.1. The molecule has 26 heavy (non-hydrogen) atoms. The molecule has 2 unspecified atom stereocenters. The van der Waals surface area contributed by atoms with Gasteiger partial charge in [0.25, 0.3) is 0 Å². The Kier molecular flexibility index (Phi) is 5.66. The number of nitrogens with two attached hydrogens (primary N) is 1. The smallest absolute Gasteiger partial charge is 0.235 e. The van der Waals surface area contributed by atoms with Crippen LogP contribution in [0.1, 0.15) is 25.3 Å². The van der Waals surface area contributed by atoms with Gasteiger partial charge in [0.1, 0.15) is 0 Å². The minimum atomic E-state index is -0.321. The summed E-state index contributed by atoms with van der Waals surface area (Å²) in [4.78, 5) is 30.5. The third-order valence-electron chi connectivity index (χ3n) is 4.75. The van der Waals surface area contributed by atoms with Gasteiger partial charge in [-0.15, -0.1) is 0 Å². The maximum atomic E-state index is 12.8. The maximum absolute atomic E-state index is 12.8. The number of benzene rings is 1. The van der Waals surface area contributed by atoms with E-state index in [1.807, 2.05) is 35.9 Å². The lowest BCUT2D eigenvalue weighted by atomic mass is 9.97. The molecular weight excluding hydrogens is 348 g/mol. The molecule has 1 aromatic heterocycles. The van der Waals surface area contributed by atoms with Crippen LogP contribution in [0.4, 0.5) is 0 Å². The van der Waals surface area contributed by atoms with Gasteiger partial charge >= 0.3 is 0 Å². The highest BCUT2D eigenvalue weighted by molar-refractivity contribution is 8.00. The molecule has 2 atom stereocenters. The molecule has 6 nitrogen and oxygen atoms in total. The molecule has 2 heterocycles. The molecule has 1 aliphatic rings. The van der Waals surface area contributed by atoms with Crippen molar-refractivity contribution in [1.82, 2.24) is 14.5 Å². The second-order valence-electron chi connectivity index (χ2n) is 6.65. The van der Waals surface area contributed by atoms with Crippen molar-refractivity contribution in [3.8, 4) is 5.69 Å². The molecule has 1 aliphatic heterocycles. The summed E-state index contributed by atoms with van der Waals surface area (Å²) in [5.41, 5.74) is 7.62. The van der Waals surface area contributed by atoms with Crippen LogP contribution in [0.25, 0.3) is 5.69 Å². The van der Waals surface area contributed by atoms with E-state index < -0.39 is 0 Å². The van der Waals surface area contributed by atoms with Crippen LogP contribution in [-0.4, -0.2) is 44.6 Å². The number of nitrogens with zero attached hydrogens (tertiary/aromatic N) is 3. The number of hydrogen-bond donors (Lipinski definition) is 1. The summed E-state index contributed by atoms with van der Waals surface area (Å²) in [5.74, 6) is -0.531. The number of primary amides is 1. The van der Waals surface area contributed by atoms with Gasteiger partial charge in [0, 0.05) is 25.5 Å². The van der Waals surface area contributed by atoms with Crippen molar-refractivity contribution in [3.05, 3.63) is 42.2 Å². The molecule has 2 amide bonds. The number of piperidine rings is 1. The first-order valence-corrected chi connectivity index (χ1v) is 9.69. The lowest BCUT2D eigenvalue weighted by Gasteiger charge is -2.32. The second kappa shape index (κ2) is 7.95. The van der Waals surface area contributed by atoms with Crippen molar-refractivity contribution in [1.29, 1.82) is 0 Å². The van der Waals surface area contributed by atoms with Crippen molar-refractivity contribution in [2.24, 2.45) is 11.7 Å². The number of amides is 2. The third-order valence-corrected chi connectivity index (χ3v) is 5.82. The van der Waals surface area contributed by atoms with Gasteiger partial charge in [-0.1, -0.05) is 30.0 Å². The molecular formula is C19H24N4O2S. The summed E-state index contributed by atoms with van der Waals surface area (Å²) in [6.07, 6.45) is 5.23. The van der Waals surface area contributed by atoms with Crippen LogP contribution in [0.3, 0.4) is 0 Å². The monoisotopic (exact) mass is 372 g/mol. The van der Waals surface area contributed by atoms with Gasteiger partial charge in [0.2, 0.25) is 11.8 Å². The lowest BCUT2D eigenvalue weighted by molar-refractivity contribution is -0.134. The normalized spacial score (nSPS) is 18.5. The Labute approximate surface area is 157 Å². The average molecular weight is 372 g/mol. The van der Waals surface area contributed by atoms with E-state index in [1.54, 1.807) is 11.1 Å². The molecule has 2 N–H and O–H groups in total. The molecule has 0 spiro atoms. The molecule has 0 bridgehead atoms. The first-order valence-electron chi connectivity index (χ1n) is 8.81. The van der Waals surface area contributed by atoms with Gasteiger partial charge in [-0.25, -0.2) is 4.98 Å². The molecule has 1 aromatic carbocycles. The molecule has 138 valence electrons. The highest BCUT2D eigenvalue weighted by atomic mass is 32.2. The average Bonchev–Trinajstić information content (AvgIpc) is 3.09. The Morgan fingerprint density at radius 3 is 2.85 bits per heavy atom. The number of likely N-dealkylation sites (tertiary alicyclic amines) is 1. The van der Waals surface area contributed by atoms with E-state index in [-0.39, 0.29) is 23.0 Å². The Bertz CT molecular complexity index is 804. The number of aromatic nitrogens is 2. The summed E-state index contributed by atoms with van der Waals surface area (Å²) in [7, 11) is 0. The summed E-state index contributed by atoms with van der Waals surface area (Å²) in [6.45, 7) is 5.04. The van der Waals surface area contributed by atoms with Crippen LogP contribution in [0.2, 0.25) is 0 Å². The SMILES string of the molecule is Cc1ccccc1-n1ccnc1SC(C)C(=O)N1CCCC(C(N)=O)C1.